The van der Waals surface area contributed by atoms with Gasteiger partial charge in [-0.05, 0) is 83.5 Å². The Kier molecular flexibility index (Phi) is 42.1. The Morgan fingerprint density at radius 3 is 1.20 bits per heavy atom. The average molecular weight is 781 g/mol. The molecule has 320 valence electrons. The predicted octanol–water partition coefficient (Wildman–Crippen LogP) is 14.7. The molecule has 0 heterocycles. The van der Waals surface area contributed by atoms with E-state index in [1.165, 1.54) is 83.5 Å². The number of unbranched alkanes of at least 4 members (excludes halogenated alkanes) is 17. The van der Waals surface area contributed by atoms with Gasteiger partial charge >= 0.3 is 17.9 Å². The van der Waals surface area contributed by atoms with Crippen molar-refractivity contribution in [3.8, 4) is 0 Å². The summed E-state index contributed by atoms with van der Waals surface area (Å²) < 4.78 is 16.6. The summed E-state index contributed by atoms with van der Waals surface area (Å²) in [6, 6.07) is 0. The van der Waals surface area contributed by atoms with Crippen LogP contribution in [0.15, 0.2) is 72.9 Å². The normalized spacial score (nSPS) is 12.7. The fourth-order valence-corrected chi connectivity index (χ4v) is 6.00. The first-order valence-electron chi connectivity index (χ1n) is 22.9. The van der Waals surface area contributed by atoms with Crippen molar-refractivity contribution in [1.82, 2.24) is 0 Å². The summed E-state index contributed by atoms with van der Waals surface area (Å²) in [7, 11) is 0. The van der Waals surface area contributed by atoms with E-state index in [-0.39, 0.29) is 44.0 Å². The molecule has 6 heteroatoms. The van der Waals surface area contributed by atoms with Crippen LogP contribution in [0.1, 0.15) is 207 Å². The number of rotatable bonds is 40. The Labute approximate surface area is 344 Å². The second kappa shape index (κ2) is 44.6. The molecule has 0 bridgehead atoms. The monoisotopic (exact) mass is 781 g/mol. The quantitative estimate of drug-likeness (QED) is 0.0267. The smallest absolute Gasteiger partial charge is 0.306 e. The number of carbonyl (C=O) groups excluding carboxylic acids is 3. The van der Waals surface area contributed by atoms with Crippen LogP contribution < -0.4 is 0 Å². The lowest BCUT2D eigenvalue weighted by Gasteiger charge is -2.18. The van der Waals surface area contributed by atoms with Crippen LogP contribution in [-0.4, -0.2) is 37.2 Å². The number of hydrogen-bond acceptors (Lipinski definition) is 6. The van der Waals surface area contributed by atoms with E-state index in [9.17, 15) is 14.4 Å². The molecule has 0 aromatic carbocycles. The molecule has 6 nitrogen and oxygen atoms in total. The zero-order valence-corrected chi connectivity index (χ0v) is 36.4. The second-order valence-electron chi connectivity index (χ2n) is 14.9. The van der Waals surface area contributed by atoms with Crippen molar-refractivity contribution in [2.24, 2.45) is 0 Å². The summed E-state index contributed by atoms with van der Waals surface area (Å²) in [5, 5.41) is 0. The summed E-state index contributed by atoms with van der Waals surface area (Å²) in [6.45, 7) is 6.39. The highest BCUT2D eigenvalue weighted by Crippen LogP contribution is 2.12. The zero-order chi connectivity index (χ0) is 40.8. The summed E-state index contributed by atoms with van der Waals surface area (Å²) in [6.07, 6.45) is 54.7. The van der Waals surface area contributed by atoms with Gasteiger partial charge < -0.3 is 14.2 Å². The minimum Gasteiger partial charge on any atom is -0.462 e. The van der Waals surface area contributed by atoms with Gasteiger partial charge in [-0.1, -0.05) is 177 Å². The lowest BCUT2D eigenvalue weighted by atomic mass is 10.1. The fourth-order valence-electron chi connectivity index (χ4n) is 6.00. The van der Waals surface area contributed by atoms with Crippen molar-refractivity contribution in [2.45, 2.75) is 213 Å². The van der Waals surface area contributed by atoms with E-state index in [4.69, 9.17) is 14.2 Å². The summed E-state index contributed by atoms with van der Waals surface area (Å²) in [5.41, 5.74) is 0. The van der Waals surface area contributed by atoms with E-state index < -0.39 is 6.10 Å². The summed E-state index contributed by atoms with van der Waals surface area (Å²) in [4.78, 5) is 37.6. The summed E-state index contributed by atoms with van der Waals surface area (Å²) in [5.74, 6) is -1.01. The fraction of sp³-hybridized carbons (Fsp3) is 0.700. The Bertz CT molecular complexity index is 1080. The molecule has 0 rings (SSSR count). The molecule has 0 N–H and O–H groups in total. The minimum atomic E-state index is -0.811. The number of ether oxygens (including phenoxy) is 3. The Balaban J connectivity index is 4.48. The van der Waals surface area contributed by atoms with Crippen LogP contribution in [0.4, 0.5) is 0 Å². The first kappa shape index (κ1) is 52.9. The number of allylic oxidation sites excluding steroid dienone is 12. The van der Waals surface area contributed by atoms with Gasteiger partial charge in [0.15, 0.2) is 6.10 Å². The van der Waals surface area contributed by atoms with Crippen LogP contribution in [-0.2, 0) is 28.6 Å². The first-order valence-corrected chi connectivity index (χ1v) is 22.9. The van der Waals surface area contributed by atoms with Gasteiger partial charge in [0, 0.05) is 19.3 Å². The van der Waals surface area contributed by atoms with Gasteiger partial charge in [-0.15, -0.1) is 0 Å². The molecule has 1 unspecified atom stereocenters. The molecule has 0 saturated carbocycles. The molecule has 0 fully saturated rings. The number of carbonyl (C=O) groups is 3. The van der Waals surface area contributed by atoms with E-state index in [1.54, 1.807) is 0 Å². The second-order valence-corrected chi connectivity index (χ2v) is 14.9. The molecular weight excluding hydrogens is 697 g/mol. The topological polar surface area (TPSA) is 78.9 Å². The lowest BCUT2D eigenvalue weighted by molar-refractivity contribution is -0.167. The van der Waals surface area contributed by atoms with Gasteiger partial charge in [-0.2, -0.15) is 0 Å². The predicted molar refractivity (Wildman–Crippen MR) is 238 cm³/mol. The molecular formula is C50H84O6. The third-order valence-electron chi connectivity index (χ3n) is 9.45. The molecule has 1 atom stereocenters. The Morgan fingerprint density at radius 2 is 0.714 bits per heavy atom. The molecule has 0 saturated heterocycles. The van der Waals surface area contributed by atoms with Crippen LogP contribution in [0.25, 0.3) is 0 Å². The molecule has 0 aliphatic rings. The molecule has 0 radical (unpaired) electrons. The van der Waals surface area contributed by atoms with Crippen molar-refractivity contribution >= 4 is 17.9 Å². The van der Waals surface area contributed by atoms with E-state index in [2.05, 4.69) is 93.7 Å². The molecule has 56 heavy (non-hydrogen) atoms. The highest BCUT2D eigenvalue weighted by atomic mass is 16.6. The van der Waals surface area contributed by atoms with Crippen LogP contribution in [0.5, 0.6) is 0 Å². The van der Waals surface area contributed by atoms with E-state index in [1.807, 2.05) is 0 Å². The van der Waals surface area contributed by atoms with Crippen LogP contribution >= 0.6 is 0 Å². The van der Waals surface area contributed by atoms with Crippen molar-refractivity contribution in [3.63, 3.8) is 0 Å². The largest absolute Gasteiger partial charge is 0.462 e. The van der Waals surface area contributed by atoms with Crippen LogP contribution in [0.2, 0.25) is 0 Å². The lowest BCUT2D eigenvalue weighted by Crippen LogP contribution is -2.30. The summed E-state index contributed by atoms with van der Waals surface area (Å²) >= 11 is 0. The van der Waals surface area contributed by atoms with Crippen molar-refractivity contribution in [2.75, 3.05) is 13.2 Å². The molecule has 0 aromatic rings. The highest BCUT2D eigenvalue weighted by molar-refractivity contribution is 5.71. The standard InChI is InChI=1S/C50H84O6/c1-4-7-10-13-16-19-21-23-24-25-26-27-29-31-34-37-40-43-49(52)55-46-47(45-54-48(51)42-39-36-33-30-18-15-12-9-6-3)56-50(53)44-41-38-35-32-28-22-20-17-14-11-8-5-2/h8,11,17,20,23-24,26-28,31-32,34,47H,4-7,9-10,12-16,18-19,21-22,25,29-30,33,35-46H2,1-3H3/b11-8-,20-17-,24-23-,27-26-,32-28-,34-31-. The van der Waals surface area contributed by atoms with Crippen molar-refractivity contribution in [3.05, 3.63) is 72.9 Å². The maximum atomic E-state index is 12.7. The molecule has 0 aliphatic heterocycles. The van der Waals surface area contributed by atoms with Gasteiger partial charge in [0.1, 0.15) is 13.2 Å². The van der Waals surface area contributed by atoms with E-state index in [0.29, 0.717) is 19.3 Å². The highest BCUT2D eigenvalue weighted by Gasteiger charge is 2.19. The van der Waals surface area contributed by atoms with Gasteiger partial charge in [0.25, 0.3) is 0 Å². The molecule has 0 aliphatic carbocycles. The van der Waals surface area contributed by atoms with Gasteiger partial charge in [-0.25, -0.2) is 0 Å². The minimum absolute atomic E-state index is 0.106. The third kappa shape index (κ3) is 42.0. The van der Waals surface area contributed by atoms with E-state index in [0.717, 1.165) is 70.6 Å². The Hall–Kier alpha value is -3.15. The number of hydrogen-bond donors (Lipinski definition) is 0. The zero-order valence-electron chi connectivity index (χ0n) is 36.4. The van der Waals surface area contributed by atoms with Crippen LogP contribution in [0, 0.1) is 0 Å². The van der Waals surface area contributed by atoms with E-state index >= 15 is 0 Å². The number of esters is 3. The third-order valence-corrected chi connectivity index (χ3v) is 9.45. The first-order chi connectivity index (χ1) is 27.5. The van der Waals surface area contributed by atoms with Gasteiger partial charge in [0.2, 0.25) is 0 Å². The molecule has 0 amide bonds. The van der Waals surface area contributed by atoms with Crippen LogP contribution in [0.3, 0.4) is 0 Å². The van der Waals surface area contributed by atoms with Crippen molar-refractivity contribution < 1.29 is 28.6 Å². The van der Waals surface area contributed by atoms with Crippen molar-refractivity contribution in [1.29, 1.82) is 0 Å². The van der Waals surface area contributed by atoms with Gasteiger partial charge in [0.05, 0.1) is 0 Å². The van der Waals surface area contributed by atoms with Gasteiger partial charge in [-0.3, -0.25) is 14.4 Å². The maximum Gasteiger partial charge on any atom is 0.306 e. The maximum absolute atomic E-state index is 12.7. The SMILES string of the molecule is CC/C=C\C/C=C\C/C=C\CCCCC(=O)OC(COC(=O)CCC/C=C\C/C=C\C/C=C\CCCCCCCC)COC(=O)CCCCCCCCCCC. The Morgan fingerprint density at radius 1 is 0.375 bits per heavy atom. The molecule has 0 aromatic heterocycles. The molecule has 0 spiro atoms. The average Bonchev–Trinajstić information content (AvgIpc) is 3.19.